The topological polar surface area (TPSA) is 80.2 Å². The molecule has 0 radical (unpaired) electrons. The Balaban J connectivity index is 1.50. The Kier molecular flexibility index (Phi) is 3.57. The van der Waals surface area contributed by atoms with E-state index in [2.05, 4.69) is 11.1 Å². The van der Waals surface area contributed by atoms with Gasteiger partial charge in [-0.3, -0.25) is 9.59 Å². The van der Waals surface area contributed by atoms with Gasteiger partial charge in [0.15, 0.2) is 0 Å². The number of likely N-dealkylation sites (tertiary alicyclic amines) is 1. The number of aromatic nitrogens is 1. The fourth-order valence-electron chi connectivity index (χ4n) is 3.87. The van der Waals surface area contributed by atoms with Crippen molar-refractivity contribution in [3.8, 4) is 6.07 Å². The number of carbonyl (C=O) groups is 2. The third-order valence-corrected chi connectivity index (χ3v) is 5.20. The lowest BCUT2D eigenvalue weighted by molar-refractivity contribution is -0.117. The number of nitriles is 1. The molecule has 0 aliphatic carbocycles. The van der Waals surface area contributed by atoms with E-state index in [9.17, 15) is 9.59 Å². The molecule has 2 saturated heterocycles. The maximum Gasteiger partial charge on any atom is 0.255 e. The largest absolute Gasteiger partial charge is 0.367 e. The number of hydrogen-bond acceptors (Lipinski definition) is 3. The van der Waals surface area contributed by atoms with Gasteiger partial charge in [0.25, 0.3) is 5.91 Å². The van der Waals surface area contributed by atoms with E-state index in [0.717, 1.165) is 12.1 Å². The van der Waals surface area contributed by atoms with Crippen molar-refractivity contribution in [2.45, 2.75) is 12.8 Å². The Bertz CT molecular complexity index is 851. The summed E-state index contributed by atoms with van der Waals surface area (Å²) in [6.45, 7) is 1.91. The maximum atomic E-state index is 12.5. The van der Waals surface area contributed by atoms with Crippen LogP contribution in [0.4, 0.5) is 5.69 Å². The Morgan fingerprint density at radius 1 is 1.20 bits per heavy atom. The molecular formula is C19H18N4O2. The Labute approximate surface area is 145 Å². The quantitative estimate of drug-likeness (QED) is 0.914. The van der Waals surface area contributed by atoms with Crippen LogP contribution < -0.4 is 4.90 Å². The summed E-state index contributed by atoms with van der Waals surface area (Å²) in [5, 5.41) is 8.90. The van der Waals surface area contributed by atoms with Gasteiger partial charge < -0.3 is 14.8 Å². The van der Waals surface area contributed by atoms with E-state index in [4.69, 9.17) is 5.26 Å². The maximum absolute atomic E-state index is 12.5. The molecule has 1 unspecified atom stereocenters. The molecule has 25 heavy (non-hydrogen) atoms. The highest BCUT2D eigenvalue weighted by atomic mass is 16.2. The number of benzene rings is 1. The molecule has 4 rings (SSSR count). The van der Waals surface area contributed by atoms with Crippen molar-refractivity contribution < 1.29 is 9.59 Å². The van der Waals surface area contributed by atoms with E-state index in [0.29, 0.717) is 37.2 Å². The number of carbonyl (C=O) groups excluding carboxylic acids is 2. The van der Waals surface area contributed by atoms with Gasteiger partial charge in [0, 0.05) is 49.6 Å². The van der Waals surface area contributed by atoms with Crippen molar-refractivity contribution in [3.05, 3.63) is 53.9 Å². The Morgan fingerprint density at radius 3 is 2.68 bits per heavy atom. The van der Waals surface area contributed by atoms with Crippen LogP contribution >= 0.6 is 0 Å². The van der Waals surface area contributed by atoms with Crippen molar-refractivity contribution in [1.29, 1.82) is 5.26 Å². The molecule has 2 fully saturated rings. The second kappa shape index (κ2) is 5.78. The second-order valence-electron chi connectivity index (χ2n) is 6.89. The summed E-state index contributed by atoms with van der Waals surface area (Å²) in [7, 11) is 0. The second-order valence-corrected chi connectivity index (χ2v) is 6.89. The molecule has 126 valence electrons. The normalized spacial score (nSPS) is 22.6. The van der Waals surface area contributed by atoms with Gasteiger partial charge in [-0.15, -0.1) is 0 Å². The highest BCUT2D eigenvalue weighted by molar-refractivity contribution is 5.97. The van der Waals surface area contributed by atoms with Gasteiger partial charge in [0.1, 0.15) is 0 Å². The van der Waals surface area contributed by atoms with Gasteiger partial charge in [-0.2, -0.15) is 5.26 Å². The number of rotatable bonds is 2. The predicted molar refractivity (Wildman–Crippen MR) is 91.9 cm³/mol. The van der Waals surface area contributed by atoms with Crippen LogP contribution in [-0.4, -0.2) is 41.3 Å². The number of H-pyrrole nitrogens is 1. The van der Waals surface area contributed by atoms with Crippen molar-refractivity contribution in [2.75, 3.05) is 24.5 Å². The average molecular weight is 334 g/mol. The summed E-state index contributed by atoms with van der Waals surface area (Å²) in [6.07, 6.45) is 4.74. The van der Waals surface area contributed by atoms with Crippen LogP contribution in [0.5, 0.6) is 0 Å². The number of nitrogens with zero attached hydrogens (tertiary/aromatic N) is 3. The summed E-state index contributed by atoms with van der Waals surface area (Å²) < 4.78 is 0. The van der Waals surface area contributed by atoms with Crippen LogP contribution in [0, 0.1) is 16.7 Å². The molecule has 1 atom stereocenters. The molecule has 1 aromatic heterocycles. The first-order valence-electron chi connectivity index (χ1n) is 8.33. The standard InChI is InChI=1S/C19H18N4O2/c20-10-14-1-3-16(4-2-14)23-13-19(9-17(23)24)6-8-22(12-19)18(25)15-5-7-21-11-15/h1-5,7,11,21H,6,8-9,12-13H2. The van der Waals surface area contributed by atoms with E-state index in [1.54, 1.807) is 35.5 Å². The molecule has 0 bridgehead atoms. The lowest BCUT2D eigenvalue weighted by Crippen LogP contribution is -2.34. The lowest BCUT2D eigenvalue weighted by atomic mass is 9.86. The van der Waals surface area contributed by atoms with Gasteiger partial charge in [0.2, 0.25) is 5.91 Å². The van der Waals surface area contributed by atoms with Crippen LogP contribution in [0.1, 0.15) is 28.8 Å². The zero-order chi connectivity index (χ0) is 17.4. The monoisotopic (exact) mass is 334 g/mol. The summed E-state index contributed by atoms with van der Waals surface area (Å²) in [5.74, 6) is 0.100. The van der Waals surface area contributed by atoms with Crippen LogP contribution in [0.2, 0.25) is 0 Å². The third kappa shape index (κ3) is 2.68. The fraction of sp³-hybridized carbons (Fsp3) is 0.316. The minimum Gasteiger partial charge on any atom is -0.367 e. The van der Waals surface area contributed by atoms with Crippen LogP contribution in [-0.2, 0) is 4.79 Å². The zero-order valence-corrected chi connectivity index (χ0v) is 13.7. The first kappa shape index (κ1) is 15.5. The summed E-state index contributed by atoms with van der Waals surface area (Å²) >= 11 is 0. The first-order chi connectivity index (χ1) is 12.1. The Morgan fingerprint density at radius 2 is 2.00 bits per heavy atom. The van der Waals surface area contributed by atoms with Crippen LogP contribution in [0.25, 0.3) is 0 Å². The minimum absolute atomic E-state index is 0.0161. The highest BCUT2D eigenvalue weighted by Crippen LogP contribution is 2.42. The molecule has 1 N–H and O–H groups in total. The van der Waals surface area contributed by atoms with Gasteiger partial charge in [0.05, 0.1) is 17.2 Å². The molecule has 6 heteroatoms. The number of aromatic amines is 1. The Hall–Kier alpha value is -3.07. The predicted octanol–water partition coefficient (Wildman–Crippen LogP) is 2.16. The third-order valence-electron chi connectivity index (χ3n) is 5.20. The van der Waals surface area contributed by atoms with Gasteiger partial charge in [-0.05, 0) is 36.8 Å². The smallest absolute Gasteiger partial charge is 0.255 e. The van der Waals surface area contributed by atoms with Gasteiger partial charge in [-0.25, -0.2) is 0 Å². The average Bonchev–Trinajstić information content (AvgIpc) is 3.36. The fourth-order valence-corrected chi connectivity index (χ4v) is 3.87. The highest BCUT2D eigenvalue weighted by Gasteiger charge is 2.48. The van der Waals surface area contributed by atoms with Gasteiger partial charge in [-0.1, -0.05) is 0 Å². The van der Waals surface area contributed by atoms with Gasteiger partial charge >= 0.3 is 0 Å². The molecule has 2 amide bonds. The van der Waals surface area contributed by atoms with Crippen molar-refractivity contribution in [1.82, 2.24) is 9.88 Å². The van der Waals surface area contributed by atoms with E-state index in [-0.39, 0.29) is 17.2 Å². The van der Waals surface area contributed by atoms with Crippen molar-refractivity contribution in [2.24, 2.45) is 5.41 Å². The molecule has 3 heterocycles. The zero-order valence-electron chi connectivity index (χ0n) is 13.7. The molecular weight excluding hydrogens is 316 g/mol. The summed E-state index contributed by atoms with van der Waals surface area (Å²) in [5.41, 5.74) is 1.88. The summed E-state index contributed by atoms with van der Waals surface area (Å²) in [4.78, 5) is 31.6. The van der Waals surface area contributed by atoms with Crippen molar-refractivity contribution >= 4 is 17.5 Å². The van der Waals surface area contributed by atoms with Crippen molar-refractivity contribution in [3.63, 3.8) is 0 Å². The van der Waals surface area contributed by atoms with Crippen LogP contribution in [0.15, 0.2) is 42.7 Å². The van der Waals surface area contributed by atoms with Crippen LogP contribution in [0.3, 0.4) is 0 Å². The number of hydrogen-bond donors (Lipinski definition) is 1. The summed E-state index contributed by atoms with van der Waals surface area (Å²) in [6, 6.07) is 10.9. The molecule has 6 nitrogen and oxygen atoms in total. The molecule has 2 aliphatic rings. The molecule has 0 saturated carbocycles. The van der Waals surface area contributed by atoms with E-state index >= 15 is 0 Å². The SMILES string of the molecule is N#Cc1ccc(N2CC3(CCN(C(=O)c4cc[nH]c4)C3)CC2=O)cc1. The number of amides is 2. The minimum atomic E-state index is -0.170. The molecule has 2 aromatic rings. The molecule has 2 aliphatic heterocycles. The molecule has 1 aromatic carbocycles. The van der Waals surface area contributed by atoms with E-state index in [1.165, 1.54) is 0 Å². The number of nitrogens with one attached hydrogen (secondary N) is 1. The van der Waals surface area contributed by atoms with E-state index in [1.807, 2.05) is 17.0 Å². The number of anilines is 1. The van der Waals surface area contributed by atoms with E-state index < -0.39 is 0 Å². The lowest BCUT2D eigenvalue weighted by Gasteiger charge is -2.24. The first-order valence-corrected chi connectivity index (χ1v) is 8.33. The molecule has 1 spiro atoms.